The number of nitrogens with zero attached hydrogens (tertiary/aromatic N) is 2. The van der Waals surface area contributed by atoms with Gasteiger partial charge in [-0.1, -0.05) is 39.8 Å². The van der Waals surface area contributed by atoms with E-state index in [0.29, 0.717) is 50.0 Å². The molecule has 0 heterocycles. The van der Waals surface area contributed by atoms with Crippen LogP contribution in [-0.2, 0) is 18.2 Å². The second kappa shape index (κ2) is 10.8. The number of hydrogen-bond donors (Lipinski definition) is 0. The fourth-order valence-corrected chi connectivity index (χ4v) is 8.53. The lowest BCUT2D eigenvalue weighted by Gasteiger charge is -2.34. The Morgan fingerprint density at radius 1 is 0.692 bits per heavy atom. The standard InChI is InChI=1S/C18H34N2O4P2/c1-7-19(8-2)25(21,23-11-5)17-15-13-14-16-18(17)26(22,24-12-6)20(9-3)10-4/h13-16H,7-12H2,1-6H3. The number of hydrogen-bond acceptors (Lipinski definition) is 4. The van der Waals surface area contributed by atoms with Gasteiger partial charge in [-0.2, -0.15) is 0 Å². The van der Waals surface area contributed by atoms with Gasteiger partial charge in [-0.15, -0.1) is 0 Å². The maximum atomic E-state index is 14.0. The van der Waals surface area contributed by atoms with Crippen molar-refractivity contribution in [3.63, 3.8) is 0 Å². The van der Waals surface area contributed by atoms with Crippen molar-refractivity contribution in [2.75, 3.05) is 39.4 Å². The molecule has 0 fully saturated rings. The van der Waals surface area contributed by atoms with Gasteiger partial charge in [0.2, 0.25) is 0 Å². The molecule has 6 nitrogen and oxygen atoms in total. The van der Waals surface area contributed by atoms with Gasteiger partial charge in [0.05, 0.1) is 23.8 Å². The summed E-state index contributed by atoms with van der Waals surface area (Å²) >= 11 is 0. The highest BCUT2D eigenvalue weighted by molar-refractivity contribution is 7.71. The molecule has 0 aliphatic carbocycles. The zero-order chi connectivity index (χ0) is 19.8. The average molecular weight is 404 g/mol. The molecule has 0 aliphatic rings. The summed E-state index contributed by atoms with van der Waals surface area (Å²) in [5.41, 5.74) is 0. The second-order valence-electron chi connectivity index (χ2n) is 5.64. The molecule has 0 saturated heterocycles. The lowest BCUT2D eigenvalue weighted by Crippen LogP contribution is -2.38. The van der Waals surface area contributed by atoms with Gasteiger partial charge >= 0.3 is 15.0 Å². The minimum Gasteiger partial charge on any atom is -0.314 e. The summed E-state index contributed by atoms with van der Waals surface area (Å²) in [6.07, 6.45) is 0. The van der Waals surface area contributed by atoms with Crippen molar-refractivity contribution in [2.24, 2.45) is 0 Å². The molecule has 2 atom stereocenters. The number of rotatable bonds is 12. The summed E-state index contributed by atoms with van der Waals surface area (Å²) in [4.78, 5) is 0. The minimum atomic E-state index is -3.35. The third kappa shape index (κ3) is 4.67. The van der Waals surface area contributed by atoms with Crippen molar-refractivity contribution in [3.8, 4) is 0 Å². The first-order chi connectivity index (χ1) is 12.4. The van der Waals surface area contributed by atoms with Crippen LogP contribution in [0.5, 0.6) is 0 Å². The van der Waals surface area contributed by atoms with Crippen LogP contribution < -0.4 is 10.6 Å². The monoisotopic (exact) mass is 404 g/mol. The molecule has 0 radical (unpaired) electrons. The minimum absolute atomic E-state index is 0.312. The first-order valence-electron chi connectivity index (χ1n) is 9.49. The predicted octanol–water partition coefficient (Wildman–Crippen LogP) is 4.08. The molecule has 0 amide bonds. The molecule has 0 spiro atoms. The third-order valence-corrected chi connectivity index (χ3v) is 10.3. The van der Waals surface area contributed by atoms with Gasteiger partial charge in [0.25, 0.3) is 0 Å². The largest absolute Gasteiger partial charge is 0.314 e. The van der Waals surface area contributed by atoms with E-state index in [1.165, 1.54) is 0 Å². The van der Waals surface area contributed by atoms with Crippen molar-refractivity contribution < 1.29 is 18.2 Å². The van der Waals surface area contributed by atoms with Crippen molar-refractivity contribution in [3.05, 3.63) is 24.3 Å². The van der Waals surface area contributed by atoms with Gasteiger partial charge in [-0.05, 0) is 26.0 Å². The van der Waals surface area contributed by atoms with Gasteiger partial charge in [-0.25, -0.2) is 9.34 Å². The molecule has 26 heavy (non-hydrogen) atoms. The lowest BCUT2D eigenvalue weighted by atomic mass is 10.4. The third-order valence-electron chi connectivity index (χ3n) is 4.30. The molecular weight excluding hydrogens is 370 g/mol. The van der Waals surface area contributed by atoms with Gasteiger partial charge < -0.3 is 9.05 Å². The van der Waals surface area contributed by atoms with Gasteiger partial charge in [-0.3, -0.25) is 9.13 Å². The van der Waals surface area contributed by atoms with Crippen LogP contribution in [0.15, 0.2) is 24.3 Å². The van der Waals surface area contributed by atoms with E-state index in [9.17, 15) is 9.13 Å². The maximum absolute atomic E-state index is 14.0. The van der Waals surface area contributed by atoms with E-state index in [4.69, 9.17) is 9.05 Å². The summed E-state index contributed by atoms with van der Waals surface area (Å²) in [7, 11) is -6.69. The number of benzene rings is 1. The molecule has 1 aromatic rings. The highest BCUT2D eigenvalue weighted by Gasteiger charge is 2.41. The van der Waals surface area contributed by atoms with Crippen LogP contribution in [-0.4, -0.2) is 48.7 Å². The Hall–Kier alpha value is -0.480. The fourth-order valence-electron chi connectivity index (χ4n) is 3.09. The van der Waals surface area contributed by atoms with E-state index in [-0.39, 0.29) is 0 Å². The van der Waals surface area contributed by atoms with Crippen molar-refractivity contribution >= 4 is 25.6 Å². The summed E-state index contributed by atoms with van der Waals surface area (Å²) in [5.74, 6) is 0. The normalized spacial score (nSPS) is 16.6. The summed E-state index contributed by atoms with van der Waals surface area (Å²) in [6, 6.07) is 7.15. The molecule has 0 N–H and O–H groups in total. The van der Waals surface area contributed by atoms with Gasteiger partial charge in [0.15, 0.2) is 0 Å². The van der Waals surface area contributed by atoms with Gasteiger partial charge in [0, 0.05) is 26.2 Å². The zero-order valence-electron chi connectivity index (χ0n) is 17.0. The Balaban J connectivity index is 3.70. The molecule has 0 aliphatic heterocycles. The van der Waals surface area contributed by atoms with E-state index in [1.54, 1.807) is 12.1 Å². The predicted molar refractivity (Wildman–Crippen MR) is 110 cm³/mol. The van der Waals surface area contributed by atoms with E-state index in [1.807, 2.05) is 63.0 Å². The molecule has 0 aromatic heterocycles. The van der Waals surface area contributed by atoms with E-state index in [2.05, 4.69) is 0 Å². The molecule has 2 unspecified atom stereocenters. The van der Waals surface area contributed by atoms with E-state index < -0.39 is 15.0 Å². The van der Waals surface area contributed by atoms with Crippen LogP contribution >= 0.6 is 15.0 Å². The van der Waals surface area contributed by atoms with Crippen LogP contribution in [0.2, 0.25) is 0 Å². The SMILES string of the molecule is CCOP(=O)(c1ccccc1P(=O)(OCC)N(CC)CC)N(CC)CC. The van der Waals surface area contributed by atoms with Crippen molar-refractivity contribution in [2.45, 2.75) is 41.5 Å². The second-order valence-corrected chi connectivity index (χ2v) is 10.3. The molecule has 1 rings (SSSR count). The van der Waals surface area contributed by atoms with Crippen LogP contribution in [0.4, 0.5) is 0 Å². The van der Waals surface area contributed by atoms with Crippen LogP contribution in [0.1, 0.15) is 41.5 Å². The Labute approximate surface area is 158 Å². The first kappa shape index (κ1) is 23.6. The van der Waals surface area contributed by atoms with Gasteiger partial charge in [0.1, 0.15) is 0 Å². The van der Waals surface area contributed by atoms with Crippen LogP contribution in [0.3, 0.4) is 0 Å². The quantitative estimate of drug-likeness (QED) is 0.489. The first-order valence-corrected chi connectivity index (χ1v) is 12.6. The zero-order valence-corrected chi connectivity index (χ0v) is 18.8. The Morgan fingerprint density at radius 3 is 1.23 bits per heavy atom. The van der Waals surface area contributed by atoms with E-state index >= 15 is 0 Å². The van der Waals surface area contributed by atoms with E-state index in [0.717, 1.165) is 0 Å². The Morgan fingerprint density at radius 2 is 1.00 bits per heavy atom. The molecule has 1 aromatic carbocycles. The fraction of sp³-hybridized carbons (Fsp3) is 0.667. The Bertz CT molecular complexity index is 591. The van der Waals surface area contributed by atoms with Crippen molar-refractivity contribution in [1.29, 1.82) is 0 Å². The average Bonchev–Trinajstić information content (AvgIpc) is 2.64. The topological polar surface area (TPSA) is 59.1 Å². The van der Waals surface area contributed by atoms with Crippen molar-refractivity contribution in [1.82, 2.24) is 9.34 Å². The summed E-state index contributed by atoms with van der Waals surface area (Å²) < 4.78 is 43.2. The molecule has 0 saturated carbocycles. The maximum Gasteiger partial charge on any atom is 0.303 e. The van der Waals surface area contributed by atoms with Crippen LogP contribution in [0.25, 0.3) is 0 Å². The van der Waals surface area contributed by atoms with Crippen LogP contribution in [0, 0.1) is 0 Å². The lowest BCUT2D eigenvalue weighted by molar-refractivity contribution is 0.284. The highest BCUT2D eigenvalue weighted by atomic mass is 31.2. The Kier molecular flexibility index (Phi) is 9.74. The summed E-state index contributed by atoms with van der Waals surface area (Å²) in [6.45, 7) is 14.4. The summed E-state index contributed by atoms with van der Waals surface area (Å²) in [5, 5.41) is 0.962. The molecular formula is C18H34N2O4P2. The smallest absolute Gasteiger partial charge is 0.303 e. The molecule has 0 bridgehead atoms. The molecule has 150 valence electrons. The molecule has 8 heteroatoms. The highest BCUT2D eigenvalue weighted by Crippen LogP contribution is 2.55.